The van der Waals surface area contributed by atoms with Crippen molar-refractivity contribution in [3.8, 4) is 0 Å². The molecule has 150 valence electrons. The molecule has 0 radical (unpaired) electrons. The Morgan fingerprint density at radius 2 is 1.89 bits per heavy atom. The molecule has 28 heavy (non-hydrogen) atoms. The molecule has 2 aromatic rings. The summed E-state index contributed by atoms with van der Waals surface area (Å²) in [6, 6.07) is 9.56. The number of benzene rings is 1. The molecule has 8 heteroatoms. The van der Waals surface area contributed by atoms with Crippen molar-refractivity contribution in [1.82, 2.24) is 9.80 Å². The first-order valence-corrected chi connectivity index (χ1v) is 10.1. The molecule has 6 nitrogen and oxygen atoms in total. The number of carbonyl (C=O) groups is 2. The Labute approximate surface area is 167 Å². The Morgan fingerprint density at radius 1 is 1.11 bits per heavy atom. The molecule has 0 saturated carbocycles. The minimum absolute atomic E-state index is 0.0853. The highest BCUT2D eigenvalue weighted by atomic mass is 32.2. The number of rotatable bonds is 6. The van der Waals surface area contributed by atoms with Crippen molar-refractivity contribution in [3.05, 3.63) is 53.7 Å². The van der Waals surface area contributed by atoms with E-state index in [1.54, 1.807) is 24.3 Å². The molecule has 0 spiro atoms. The number of methoxy groups -OCH3 is 1. The summed E-state index contributed by atoms with van der Waals surface area (Å²) in [5.74, 6) is 0.555. The lowest BCUT2D eigenvalue weighted by Crippen LogP contribution is -2.36. The van der Waals surface area contributed by atoms with Crippen molar-refractivity contribution in [3.63, 3.8) is 0 Å². The molecule has 0 aliphatic carbocycles. The third-order valence-corrected chi connectivity index (χ3v) is 5.54. The van der Waals surface area contributed by atoms with Crippen LogP contribution in [-0.2, 0) is 16.1 Å². The van der Waals surface area contributed by atoms with Gasteiger partial charge in [0.2, 0.25) is 11.7 Å². The van der Waals surface area contributed by atoms with Gasteiger partial charge in [0, 0.05) is 31.1 Å². The number of esters is 1. The second kappa shape index (κ2) is 9.75. The standard InChI is InChI=1S/C20H23FN2O4S/c1-26-20(25)18-8-5-16(27-18)13-22-9-2-10-23(12-11-22)19(24)14-28-17-6-3-15(21)4-7-17/h3-8H,2,9-14H2,1H3. The van der Waals surface area contributed by atoms with E-state index in [0.29, 0.717) is 31.1 Å². The highest BCUT2D eigenvalue weighted by Gasteiger charge is 2.20. The van der Waals surface area contributed by atoms with Crippen LogP contribution >= 0.6 is 11.8 Å². The van der Waals surface area contributed by atoms with Crippen LogP contribution in [0.2, 0.25) is 0 Å². The molecule has 0 N–H and O–H groups in total. The minimum Gasteiger partial charge on any atom is -0.463 e. The summed E-state index contributed by atoms with van der Waals surface area (Å²) in [7, 11) is 1.32. The smallest absolute Gasteiger partial charge is 0.373 e. The lowest BCUT2D eigenvalue weighted by molar-refractivity contribution is -0.128. The SMILES string of the molecule is COC(=O)c1ccc(CN2CCCN(C(=O)CSc3ccc(F)cc3)CC2)o1. The molecule has 1 aliphatic heterocycles. The number of thioether (sulfide) groups is 1. The molecule has 0 bridgehead atoms. The van der Waals surface area contributed by atoms with Gasteiger partial charge in [-0.15, -0.1) is 11.8 Å². The molecule has 0 unspecified atom stereocenters. The summed E-state index contributed by atoms with van der Waals surface area (Å²) in [5.41, 5.74) is 0. The number of carbonyl (C=O) groups excluding carboxylic acids is 2. The van der Waals surface area contributed by atoms with E-state index in [4.69, 9.17) is 4.42 Å². The van der Waals surface area contributed by atoms with Gasteiger partial charge < -0.3 is 14.1 Å². The predicted molar refractivity (Wildman–Crippen MR) is 104 cm³/mol. The van der Waals surface area contributed by atoms with Crippen LogP contribution in [0.1, 0.15) is 22.7 Å². The van der Waals surface area contributed by atoms with Crippen LogP contribution in [0.25, 0.3) is 0 Å². The number of furan rings is 1. The zero-order valence-electron chi connectivity index (χ0n) is 15.7. The molecule has 1 aliphatic rings. The fourth-order valence-corrected chi connectivity index (χ4v) is 3.84. The molecule has 3 rings (SSSR count). The van der Waals surface area contributed by atoms with Crippen LogP contribution < -0.4 is 0 Å². The zero-order valence-corrected chi connectivity index (χ0v) is 16.5. The van der Waals surface area contributed by atoms with E-state index in [2.05, 4.69) is 9.64 Å². The van der Waals surface area contributed by atoms with Gasteiger partial charge in [0.05, 0.1) is 19.4 Å². The Balaban J connectivity index is 1.47. The number of halogens is 1. The summed E-state index contributed by atoms with van der Waals surface area (Å²) in [6.07, 6.45) is 0.873. The van der Waals surface area contributed by atoms with E-state index in [0.717, 1.165) is 24.4 Å². The topological polar surface area (TPSA) is 63.0 Å². The second-order valence-corrected chi connectivity index (χ2v) is 7.56. The highest BCUT2D eigenvalue weighted by Crippen LogP contribution is 2.19. The quantitative estimate of drug-likeness (QED) is 0.543. The van der Waals surface area contributed by atoms with Crippen molar-refractivity contribution in [2.75, 3.05) is 39.0 Å². The molecular weight excluding hydrogens is 383 g/mol. The van der Waals surface area contributed by atoms with Gasteiger partial charge in [0.25, 0.3) is 0 Å². The average molecular weight is 406 g/mol. The summed E-state index contributed by atoms with van der Waals surface area (Å²) in [4.78, 5) is 29.0. The summed E-state index contributed by atoms with van der Waals surface area (Å²) in [5, 5.41) is 0. The number of amides is 1. The van der Waals surface area contributed by atoms with E-state index in [9.17, 15) is 14.0 Å². The van der Waals surface area contributed by atoms with Crippen molar-refractivity contribution in [2.45, 2.75) is 17.9 Å². The lowest BCUT2D eigenvalue weighted by Gasteiger charge is -2.21. The van der Waals surface area contributed by atoms with Crippen molar-refractivity contribution in [1.29, 1.82) is 0 Å². The van der Waals surface area contributed by atoms with Gasteiger partial charge in [-0.25, -0.2) is 9.18 Å². The van der Waals surface area contributed by atoms with E-state index >= 15 is 0 Å². The van der Waals surface area contributed by atoms with Gasteiger partial charge >= 0.3 is 5.97 Å². The van der Waals surface area contributed by atoms with Crippen molar-refractivity contribution in [2.24, 2.45) is 0 Å². The van der Waals surface area contributed by atoms with Gasteiger partial charge in [-0.2, -0.15) is 0 Å². The maximum atomic E-state index is 13.0. The van der Waals surface area contributed by atoms with Crippen molar-refractivity contribution >= 4 is 23.6 Å². The second-order valence-electron chi connectivity index (χ2n) is 6.51. The van der Waals surface area contributed by atoms with E-state index in [1.807, 2.05) is 4.90 Å². The lowest BCUT2D eigenvalue weighted by atomic mass is 10.3. The van der Waals surface area contributed by atoms with Crippen LogP contribution in [-0.4, -0.2) is 60.7 Å². The average Bonchev–Trinajstić information content (AvgIpc) is 3.04. The van der Waals surface area contributed by atoms with Crippen LogP contribution in [0, 0.1) is 5.82 Å². The molecule has 1 amide bonds. The van der Waals surface area contributed by atoms with Crippen LogP contribution in [0.15, 0.2) is 45.7 Å². The number of hydrogen-bond donors (Lipinski definition) is 0. The minimum atomic E-state index is -0.488. The molecule has 1 fully saturated rings. The van der Waals surface area contributed by atoms with Gasteiger partial charge in [-0.3, -0.25) is 9.69 Å². The molecule has 2 heterocycles. The van der Waals surface area contributed by atoms with Crippen molar-refractivity contribution < 1.29 is 23.1 Å². The first-order chi connectivity index (χ1) is 13.5. The van der Waals surface area contributed by atoms with E-state index in [-0.39, 0.29) is 17.5 Å². The Morgan fingerprint density at radius 3 is 2.64 bits per heavy atom. The normalized spacial score (nSPS) is 15.3. The molecule has 1 aromatic carbocycles. The summed E-state index contributed by atoms with van der Waals surface area (Å²) >= 11 is 1.42. The fourth-order valence-electron chi connectivity index (χ4n) is 3.04. The maximum Gasteiger partial charge on any atom is 0.373 e. The third kappa shape index (κ3) is 5.59. The first-order valence-electron chi connectivity index (χ1n) is 9.10. The molecule has 0 atom stereocenters. The summed E-state index contributed by atoms with van der Waals surface area (Å²) < 4.78 is 23.1. The molecule has 1 aromatic heterocycles. The van der Waals surface area contributed by atoms with E-state index in [1.165, 1.54) is 31.0 Å². The number of ether oxygens (including phenoxy) is 1. The van der Waals surface area contributed by atoms with Gasteiger partial charge in [-0.05, 0) is 42.8 Å². The maximum absolute atomic E-state index is 13.0. The summed E-state index contributed by atoms with van der Waals surface area (Å²) in [6.45, 7) is 3.53. The van der Waals surface area contributed by atoms with E-state index < -0.39 is 5.97 Å². The Hall–Kier alpha value is -2.32. The zero-order chi connectivity index (χ0) is 19.9. The molecular formula is C20H23FN2O4S. The van der Waals surface area contributed by atoms with Gasteiger partial charge in [-0.1, -0.05) is 0 Å². The predicted octanol–water partition coefficient (Wildman–Crippen LogP) is 3.03. The Bertz CT molecular complexity index is 809. The first kappa shape index (κ1) is 20.4. The van der Waals surface area contributed by atoms with Crippen LogP contribution in [0.3, 0.4) is 0 Å². The number of hydrogen-bond acceptors (Lipinski definition) is 6. The van der Waals surface area contributed by atoms with Gasteiger partial charge in [0.1, 0.15) is 11.6 Å². The largest absolute Gasteiger partial charge is 0.463 e. The third-order valence-electron chi connectivity index (χ3n) is 4.54. The van der Waals surface area contributed by atoms with Gasteiger partial charge in [0.15, 0.2) is 0 Å². The fraction of sp³-hybridized carbons (Fsp3) is 0.400. The Kier molecular flexibility index (Phi) is 7.11. The highest BCUT2D eigenvalue weighted by molar-refractivity contribution is 8.00. The van der Waals surface area contributed by atoms with Crippen LogP contribution in [0.5, 0.6) is 0 Å². The monoisotopic (exact) mass is 406 g/mol. The van der Waals surface area contributed by atoms with Crippen LogP contribution in [0.4, 0.5) is 4.39 Å². The molecule has 1 saturated heterocycles. The number of nitrogens with zero attached hydrogens (tertiary/aromatic N) is 2.